The molecule has 0 unspecified atom stereocenters. The smallest absolute Gasteiger partial charge is 0.120 e. The van der Waals surface area contributed by atoms with Crippen LogP contribution in [0.2, 0.25) is 0 Å². The Bertz CT molecular complexity index is 1740. The Balaban J connectivity index is 1.05. The number of aromatic nitrogens is 2. The molecular formula is C60H84N2O2. The van der Waals surface area contributed by atoms with Gasteiger partial charge in [0, 0.05) is 34.6 Å². The highest BCUT2D eigenvalue weighted by molar-refractivity contribution is 5.57. The predicted octanol–water partition coefficient (Wildman–Crippen LogP) is 17.4. The van der Waals surface area contributed by atoms with Gasteiger partial charge in [0.05, 0.1) is 24.6 Å². The summed E-state index contributed by atoms with van der Waals surface area (Å²) in [6.45, 7) is 6.09. The topological polar surface area (TPSA) is 44.2 Å². The Kier molecular flexibility index (Phi) is 29.1. The lowest BCUT2D eigenvalue weighted by molar-refractivity contribution is 0.304. The molecule has 346 valence electrons. The second kappa shape index (κ2) is 35.8. The summed E-state index contributed by atoms with van der Waals surface area (Å²) in [4.78, 5) is 9.30. The Labute approximate surface area is 391 Å². The van der Waals surface area contributed by atoms with E-state index in [1.165, 1.54) is 180 Å². The van der Waals surface area contributed by atoms with Gasteiger partial charge in [-0.1, -0.05) is 229 Å². The largest absolute Gasteiger partial charge is 0.494 e. The molecule has 2 aromatic carbocycles. The van der Waals surface area contributed by atoms with Crippen LogP contribution in [-0.4, -0.2) is 23.2 Å². The van der Waals surface area contributed by atoms with Crippen LogP contribution in [0.5, 0.6) is 11.5 Å². The maximum absolute atomic E-state index is 6.07. The van der Waals surface area contributed by atoms with Gasteiger partial charge in [0.1, 0.15) is 11.5 Å². The SMILES string of the molecule is CCCCCCCCCCCCCCCCCOc1cccc(C#Cc2ccc(-c3ccc(C#Cc4cccc(OCCCCCCCCCCCCCCCCC)c4)cn3)nc2)c1. The summed E-state index contributed by atoms with van der Waals surface area (Å²) >= 11 is 0. The molecular weight excluding hydrogens is 781 g/mol. The number of hydrogen-bond donors (Lipinski definition) is 0. The predicted molar refractivity (Wildman–Crippen MR) is 273 cm³/mol. The van der Waals surface area contributed by atoms with E-state index in [1.807, 2.05) is 85.2 Å². The monoisotopic (exact) mass is 865 g/mol. The van der Waals surface area contributed by atoms with Gasteiger partial charge >= 0.3 is 0 Å². The summed E-state index contributed by atoms with van der Waals surface area (Å²) in [5.41, 5.74) is 5.20. The van der Waals surface area contributed by atoms with Crippen molar-refractivity contribution in [3.05, 3.63) is 107 Å². The minimum Gasteiger partial charge on any atom is -0.494 e. The molecule has 4 aromatic rings. The van der Waals surface area contributed by atoms with E-state index in [4.69, 9.17) is 9.47 Å². The molecule has 0 radical (unpaired) electrons. The standard InChI is InChI=1S/C60H84N2O2/c1-3-5-7-9-11-13-15-17-19-21-23-25-27-29-31-47-63-57-37-33-35-53(49-57)39-41-55-43-45-59(61-51-55)60-46-44-56(52-62-60)42-40-54-36-34-38-58(50-54)64-48-32-30-28-26-24-22-20-18-16-14-12-10-8-6-4-2/h33-38,43-46,49-52H,3-32,47-48H2,1-2H3. The molecule has 0 saturated carbocycles. The Hall–Kier alpha value is -4.54. The van der Waals surface area contributed by atoms with Crippen LogP contribution >= 0.6 is 0 Å². The molecule has 0 fully saturated rings. The van der Waals surface area contributed by atoms with Crippen molar-refractivity contribution in [2.24, 2.45) is 0 Å². The van der Waals surface area contributed by atoms with Crippen molar-refractivity contribution in [2.45, 2.75) is 206 Å². The first-order valence-electron chi connectivity index (χ1n) is 26.2. The van der Waals surface area contributed by atoms with E-state index >= 15 is 0 Å². The molecule has 0 amide bonds. The summed E-state index contributed by atoms with van der Waals surface area (Å²) in [5, 5.41) is 0. The third-order valence-corrected chi connectivity index (χ3v) is 12.2. The molecule has 0 bridgehead atoms. The molecule has 0 atom stereocenters. The van der Waals surface area contributed by atoms with Gasteiger partial charge in [0.2, 0.25) is 0 Å². The second-order valence-electron chi connectivity index (χ2n) is 18.0. The number of nitrogens with zero attached hydrogens (tertiary/aromatic N) is 2. The number of rotatable bonds is 35. The van der Waals surface area contributed by atoms with E-state index in [-0.39, 0.29) is 0 Å². The Morgan fingerprint density at radius 1 is 0.328 bits per heavy atom. The van der Waals surface area contributed by atoms with Crippen molar-refractivity contribution < 1.29 is 9.47 Å². The molecule has 4 nitrogen and oxygen atoms in total. The van der Waals surface area contributed by atoms with E-state index in [2.05, 4.69) is 47.5 Å². The number of unbranched alkanes of at least 4 members (excludes halogenated alkanes) is 28. The van der Waals surface area contributed by atoms with Crippen LogP contribution in [0, 0.1) is 23.7 Å². The summed E-state index contributed by atoms with van der Waals surface area (Å²) in [6, 6.07) is 24.1. The zero-order chi connectivity index (χ0) is 44.8. The highest BCUT2D eigenvalue weighted by Crippen LogP contribution is 2.19. The Morgan fingerprint density at radius 2 is 0.625 bits per heavy atom. The van der Waals surface area contributed by atoms with E-state index in [1.54, 1.807) is 0 Å². The highest BCUT2D eigenvalue weighted by Gasteiger charge is 2.03. The van der Waals surface area contributed by atoms with Gasteiger partial charge < -0.3 is 9.47 Å². The van der Waals surface area contributed by atoms with Crippen LogP contribution < -0.4 is 9.47 Å². The number of benzene rings is 2. The lowest BCUT2D eigenvalue weighted by Gasteiger charge is -2.07. The molecule has 0 spiro atoms. The quantitative estimate of drug-likeness (QED) is 0.0341. The first kappa shape index (κ1) is 52.1. The lowest BCUT2D eigenvalue weighted by Crippen LogP contribution is -1.97. The fourth-order valence-electron chi connectivity index (χ4n) is 8.18. The second-order valence-corrected chi connectivity index (χ2v) is 18.0. The first-order chi connectivity index (χ1) is 31.7. The van der Waals surface area contributed by atoms with Gasteiger partial charge in [0.25, 0.3) is 0 Å². The van der Waals surface area contributed by atoms with Gasteiger partial charge in [-0.3, -0.25) is 9.97 Å². The molecule has 0 saturated heterocycles. The molecule has 4 rings (SSSR count). The van der Waals surface area contributed by atoms with Gasteiger partial charge in [-0.15, -0.1) is 0 Å². The van der Waals surface area contributed by atoms with Crippen molar-refractivity contribution in [2.75, 3.05) is 13.2 Å². The molecule has 2 heterocycles. The minimum atomic E-state index is 0.755. The summed E-state index contributed by atoms with van der Waals surface area (Å²) in [5.74, 6) is 14.8. The minimum absolute atomic E-state index is 0.755. The van der Waals surface area contributed by atoms with Gasteiger partial charge in [0.15, 0.2) is 0 Å². The fourth-order valence-corrected chi connectivity index (χ4v) is 8.18. The van der Waals surface area contributed by atoms with E-state index in [0.29, 0.717) is 0 Å². The van der Waals surface area contributed by atoms with Crippen LogP contribution in [0.4, 0.5) is 0 Å². The van der Waals surface area contributed by atoms with Crippen molar-refractivity contribution >= 4 is 0 Å². The van der Waals surface area contributed by atoms with E-state index in [9.17, 15) is 0 Å². The fraction of sp³-hybridized carbons (Fsp3) is 0.567. The van der Waals surface area contributed by atoms with E-state index < -0.39 is 0 Å². The molecule has 64 heavy (non-hydrogen) atoms. The van der Waals surface area contributed by atoms with Crippen molar-refractivity contribution in [3.63, 3.8) is 0 Å². The maximum Gasteiger partial charge on any atom is 0.120 e. The molecule has 0 aliphatic carbocycles. The van der Waals surface area contributed by atoms with Crippen molar-refractivity contribution in [3.8, 4) is 46.6 Å². The molecule has 4 heteroatoms. The molecule has 0 aliphatic heterocycles. The summed E-state index contributed by atoms with van der Waals surface area (Å²) in [6.07, 6.45) is 44.7. The normalized spacial score (nSPS) is 10.8. The number of ether oxygens (including phenoxy) is 2. The van der Waals surface area contributed by atoms with Crippen LogP contribution in [-0.2, 0) is 0 Å². The molecule has 0 aliphatic rings. The first-order valence-corrected chi connectivity index (χ1v) is 26.2. The average molecular weight is 865 g/mol. The Morgan fingerprint density at radius 3 is 0.922 bits per heavy atom. The van der Waals surface area contributed by atoms with Crippen molar-refractivity contribution in [1.82, 2.24) is 9.97 Å². The third kappa shape index (κ3) is 25.1. The molecule has 2 aromatic heterocycles. The van der Waals surface area contributed by atoms with Crippen LogP contribution in [0.3, 0.4) is 0 Å². The van der Waals surface area contributed by atoms with Gasteiger partial charge in [-0.25, -0.2) is 0 Å². The maximum atomic E-state index is 6.07. The third-order valence-electron chi connectivity index (χ3n) is 12.2. The van der Waals surface area contributed by atoms with Gasteiger partial charge in [-0.05, 0) is 73.5 Å². The van der Waals surface area contributed by atoms with E-state index in [0.717, 1.165) is 71.2 Å². The summed E-state index contributed by atoms with van der Waals surface area (Å²) in [7, 11) is 0. The number of hydrogen-bond acceptors (Lipinski definition) is 4. The number of pyridine rings is 2. The summed E-state index contributed by atoms with van der Waals surface area (Å²) < 4.78 is 12.1. The van der Waals surface area contributed by atoms with Crippen LogP contribution in [0.15, 0.2) is 85.2 Å². The zero-order valence-electron chi connectivity index (χ0n) is 40.4. The lowest BCUT2D eigenvalue weighted by atomic mass is 10.0. The zero-order valence-corrected chi connectivity index (χ0v) is 40.4. The average Bonchev–Trinajstić information content (AvgIpc) is 3.33. The van der Waals surface area contributed by atoms with Crippen LogP contribution in [0.25, 0.3) is 11.4 Å². The molecule has 0 N–H and O–H groups in total. The highest BCUT2D eigenvalue weighted by atomic mass is 16.5. The van der Waals surface area contributed by atoms with Gasteiger partial charge in [-0.2, -0.15) is 0 Å². The van der Waals surface area contributed by atoms with Crippen molar-refractivity contribution in [1.29, 1.82) is 0 Å². The van der Waals surface area contributed by atoms with Crippen LogP contribution in [0.1, 0.15) is 229 Å².